The number of carbonyl (C=O) groups is 2. The van der Waals surface area contributed by atoms with Crippen molar-refractivity contribution in [1.82, 2.24) is 19.4 Å². The summed E-state index contributed by atoms with van der Waals surface area (Å²) in [6.07, 6.45) is 5.65. The van der Waals surface area contributed by atoms with E-state index >= 15 is 0 Å². The summed E-state index contributed by atoms with van der Waals surface area (Å²) in [7, 11) is 0. The molecule has 0 aliphatic carbocycles. The molecule has 1 aliphatic rings. The molecule has 3 aromatic rings. The molecule has 7 nitrogen and oxygen atoms in total. The van der Waals surface area contributed by atoms with Gasteiger partial charge in [-0.05, 0) is 56.5 Å². The molecule has 0 spiro atoms. The summed E-state index contributed by atoms with van der Waals surface area (Å²) in [4.78, 5) is 35.9. The van der Waals surface area contributed by atoms with E-state index in [-0.39, 0.29) is 17.9 Å². The number of amides is 2. The Hall–Kier alpha value is -3.19. The molecule has 0 radical (unpaired) electrons. The first-order chi connectivity index (χ1) is 15.0. The highest BCUT2D eigenvalue weighted by Gasteiger charge is 2.27. The van der Waals surface area contributed by atoms with E-state index in [0.29, 0.717) is 35.1 Å². The van der Waals surface area contributed by atoms with Gasteiger partial charge in [-0.25, -0.2) is 4.98 Å². The number of nitrogens with zero attached hydrogens (tertiary/aromatic N) is 4. The number of rotatable bonds is 4. The van der Waals surface area contributed by atoms with E-state index in [1.807, 2.05) is 29.7 Å². The molecule has 2 aromatic heterocycles. The van der Waals surface area contributed by atoms with E-state index in [1.54, 1.807) is 23.2 Å². The summed E-state index contributed by atoms with van der Waals surface area (Å²) in [6.45, 7) is 6.64. The molecule has 1 N–H and O–H groups in total. The van der Waals surface area contributed by atoms with Crippen LogP contribution in [0.3, 0.4) is 0 Å². The Morgan fingerprint density at radius 3 is 2.90 bits per heavy atom. The number of nitrogens with one attached hydrogen (secondary N) is 1. The quantitative estimate of drug-likeness (QED) is 0.614. The Bertz CT molecular complexity index is 1160. The molecule has 0 saturated carbocycles. The van der Waals surface area contributed by atoms with Crippen molar-refractivity contribution in [3.05, 3.63) is 65.5 Å². The van der Waals surface area contributed by atoms with Crippen LogP contribution in [0.5, 0.6) is 0 Å². The van der Waals surface area contributed by atoms with E-state index in [2.05, 4.69) is 21.9 Å². The second-order valence-corrected chi connectivity index (χ2v) is 8.10. The van der Waals surface area contributed by atoms with Gasteiger partial charge in [0.25, 0.3) is 5.91 Å². The van der Waals surface area contributed by atoms with Crippen LogP contribution >= 0.6 is 11.6 Å². The van der Waals surface area contributed by atoms with Crippen molar-refractivity contribution in [2.75, 3.05) is 18.4 Å². The highest BCUT2D eigenvalue weighted by atomic mass is 35.5. The highest BCUT2D eigenvalue weighted by molar-refractivity contribution is 6.35. The van der Waals surface area contributed by atoms with E-state index in [9.17, 15) is 9.59 Å². The van der Waals surface area contributed by atoms with Gasteiger partial charge in [-0.3, -0.25) is 19.9 Å². The molecule has 1 atom stereocenters. The Morgan fingerprint density at radius 1 is 1.29 bits per heavy atom. The first kappa shape index (κ1) is 21.1. The predicted octanol–water partition coefficient (Wildman–Crippen LogP) is 4.39. The van der Waals surface area contributed by atoms with Crippen molar-refractivity contribution in [2.24, 2.45) is 0 Å². The van der Waals surface area contributed by atoms with Crippen molar-refractivity contribution in [2.45, 2.75) is 32.2 Å². The lowest BCUT2D eigenvalue weighted by Gasteiger charge is -2.26. The maximum absolute atomic E-state index is 12.9. The maximum atomic E-state index is 12.9. The number of fused-ring (bicyclic) bond motifs is 1. The summed E-state index contributed by atoms with van der Waals surface area (Å²) < 4.78 is 1.97. The van der Waals surface area contributed by atoms with Gasteiger partial charge in [0.1, 0.15) is 0 Å². The molecule has 31 heavy (non-hydrogen) atoms. The van der Waals surface area contributed by atoms with Crippen LogP contribution in [-0.2, 0) is 4.79 Å². The second kappa shape index (κ2) is 8.89. The smallest absolute Gasteiger partial charge is 0.258 e. The molecule has 1 aliphatic heterocycles. The number of anilines is 1. The van der Waals surface area contributed by atoms with Gasteiger partial charge in [-0.2, -0.15) is 0 Å². The van der Waals surface area contributed by atoms with Gasteiger partial charge in [0, 0.05) is 30.5 Å². The lowest BCUT2D eigenvalue weighted by Crippen LogP contribution is -2.34. The number of hydrogen-bond donors (Lipinski definition) is 1. The van der Waals surface area contributed by atoms with Crippen molar-refractivity contribution in [3.8, 4) is 0 Å². The van der Waals surface area contributed by atoms with E-state index < -0.39 is 0 Å². The van der Waals surface area contributed by atoms with Crippen LogP contribution in [0.2, 0.25) is 5.02 Å². The fraction of sp³-hybridized carbons (Fsp3) is 0.304. The largest absolute Gasteiger partial charge is 0.337 e. The molecule has 1 aromatic carbocycles. The van der Waals surface area contributed by atoms with Crippen LogP contribution in [-0.4, -0.2) is 44.3 Å². The number of para-hydroxylation sites is 1. The Balaban J connectivity index is 1.76. The van der Waals surface area contributed by atoms with Crippen molar-refractivity contribution < 1.29 is 9.59 Å². The summed E-state index contributed by atoms with van der Waals surface area (Å²) in [6, 6.07) is 8.83. The molecule has 1 unspecified atom stereocenters. The first-order valence-corrected chi connectivity index (χ1v) is 10.7. The van der Waals surface area contributed by atoms with E-state index in [1.165, 1.54) is 6.08 Å². The zero-order valence-corrected chi connectivity index (χ0v) is 18.1. The number of carbonyl (C=O) groups excluding carboxylic acids is 2. The fourth-order valence-corrected chi connectivity index (χ4v) is 4.33. The highest BCUT2D eigenvalue weighted by Crippen LogP contribution is 2.34. The number of aromatic nitrogens is 3. The standard InChI is InChI=1S/C23H24ClN5O2/c1-3-20(30)28-12-5-4-7-17(14-28)29-21-18(24)8-6-9-19(21)26-23(29)27-22(31)16-10-11-25-15(2)13-16/h3,6,8-11,13,17H,1,4-5,7,12,14H2,2H3,(H,26,27,31). The number of likely N-dealkylation sites (tertiary alicyclic amines) is 1. The first-order valence-electron chi connectivity index (χ1n) is 10.3. The molecule has 1 saturated heterocycles. The number of pyridine rings is 1. The molecule has 8 heteroatoms. The van der Waals surface area contributed by atoms with Crippen molar-refractivity contribution in [3.63, 3.8) is 0 Å². The summed E-state index contributed by atoms with van der Waals surface area (Å²) in [5.74, 6) is 0.0477. The average molecular weight is 438 g/mol. The van der Waals surface area contributed by atoms with Gasteiger partial charge in [-0.15, -0.1) is 0 Å². The second-order valence-electron chi connectivity index (χ2n) is 7.69. The zero-order chi connectivity index (χ0) is 22.0. The molecule has 1 fully saturated rings. The fourth-order valence-electron chi connectivity index (χ4n) is 4.07. The molecular weight excluding hydrogens is 414 g/mol. The Kier molecular flexibility index (Phi) is 6.04. The minimum absolute atomic E-state index is 0.0780. The van der Waals surface area contributed by atoms with E-state index in [0.717, 1.165) is 30.5 Å². The van der Waals surface area contributed by atoms with Crippen LogP contribution in [0.15, 0.2) is 49.2 Å². The minimum atomic E-state index is -0.272. The maximum Gasteiger partial charge on any atom is 0.258 e. The van der Waals surface area contributed by atoms with Gasteiger partial charge in [0.2, 0.25) is 11.9 Å². The third-order valence-electron chi connectivity index (χ3n) is 5.54. The summed E-state index contributed by atoms with van der Waals surface area (Å²) >= 11 is 6.56. The van der Waals surface area contributed by atoms with Crippen LogP contribution in [0.4, 0.5) is 5.95 Å². The van der Waals surface area contributed by atoms with Crippen molar-refractivity contribution in [1.29, 1.82) is 0 Å². The molecule has 2 amide bonds. The van der Waals surface area contributed by atoms with Crippen LogP contribution < -0.4 is 5.32 Å². The number of hydrogen-bond acceptors (Lipinski definition) is 4. The molecule has 4 rings (SSSR count). The van der Waals surface area contributed by atoms with Gasteiger partial charge >= 0.3 is 0 Å². The van der Waals surface area contributed by atoms with Gasteiger partial charge in [0.15, 0.2) is 0 Å². The van der Waals surface area contributed by atoms with Gasteiger partial charge in [0.05, 0.1) is 22.1 Å². The van der Waals surface area contributed by atoms with Crippen molar-refractivity contribution >= 4 is 40.4 Å². The van der Waals surface area contributed by atoms with Gasteiger partial charge in [-0.1, -0.05) is 24.2 Å². The topological polar surface area (TPSA) is 80.1 Å². The number of halogens is 1. The van der Waals surface area contributed by atoms with Crippen LogP contribution in [0, 0.1) is 6.92 Å². The average Bonchev–Trinajstić information content (AvgIpc) is 2.95. The van der Waals surface area contributed by atoms with Gasteiger partial charge < -0.3 is 9.47 Å². The number of benzene rings is 1. The van der Waals surface area contributed by atoms with E-state index in [4.69, 9.17) is 11.6 Å². The number of imidazole rings is 1. The third-order valence-corrected chi connectivity index (χ3v) is 5.85. The number of aryl methyl sites for hydroxylation is 1. The minimum Gasteiger partial charge on any atom is -0.337 e. The molecule has 3 heterocycles. The van der Waals surface area contributed by atoms with Crippen LogP contribution in [0.25, 0.3) is 11.0 Å². The molecule has 160 valence electrons. The lowest BCUT2D eigenvalue weighted by molar-refractivity contribution is -0.126. The SMILES string of the molecule is C=CC(=O)N1CCCCC(n2c(NC(=O)c3ccnc(C)c3)nc3cccc(Cl)c32)C1. The predicted molar refractivity (Wildman–Crippen MR) is 121 cm³/mol. The Labute approximate surface area is 185 Å². The monoisotopic (exact) mass is 437 g/mol. The molecule has 0 bridgehead atoms. The van der Waals surface area contributed by atoms with Crippen LogP contribution in [0.1, 0.15) is 41.4 Å². The zero-order valence-electron chi connectivity index (χ0n) is 17.3. The summed E-state index contributed by atoms with van der Waals surface area (Å²) in [5.41, 5.74) is 2.70. The summed E-state index contributed by atoms with van der Waals surface area (Å²) in [5, 5.41) is 3.50. The lowest BCUT2D eigenvalue weighted by atomic mass is 10.1. The third kappa shape index (κ3) is 4.32. The normalized spacial score (nSPS) is 16.7. The Morgan fingerprint density at radius 2 is 2.13 bits per heavy atom. The molecular formula is C23H24ClN5O2.